The van der Waals surface area contributed by atoms with Crippen molar-refractivity contribution in [3.8, 4) is 0 Å². The lowest BCUT2D eigenvalue weighted by atomic mass is 9.92. The van der Waals surface area contributed by atoms with E-state index in [0.29, 0.717) is 6.08 Å². The van der Waals surface area contributed by atoms with Crippen LogP contribution < -0.4 is 0 Å². The zero-order valence-corrected chi connectivity index (χ0v) is 8.98. The SMILES string of the molecule is CC(C)CC(=O)C1=C(O)C(=O)C=C(O)C1=O. The van der Waals surface area contributed by atoms with Crippen LogP contribution >= 0.6 is 0 Å². The van der Waals surface area contributed by atoms with Crippen LogP contribution in [0.5, 0.6) is 0 Å². The maximum atomic E-state index is 11.6. The molecule has 0 aromatic carbocycles. The zero-order valence-electron chi connectivity index (χ0n) is 8.98. The van der Waals surface area contributed by atoms with E-state index < -0.39 is 34.4 Å². The summed E-state index contributed by atoms with van der Waals surface area (Å²) in [4.78, 5) is 34.1. The molecule has 0 amide bonds. The first kappa shape index (κ1) is 12.2. The largest absolute Gasteiger partial charge is 0.504 e. The van der Waals surface area contributed by atoms with Crippen LogP contribution in [0.25, 0.3) is 0 Å². The van der Waals surface area contributed by atoms with Gasteiger partial charge in [0.2, 0.25) is 11.6 Å². The Kier molecular flexibility index (Phi) is 3.27. The molecule has 0 saturated carbocycles. The van der Waals surface area contributed by atoms with E-state index in [-0.39, 0.29) is 12.3 Å². The van der Waals surface area contributed by atoms with Crippen molar-refractivity contribution in [2.24, 2.45) is 5.92 Å². The summed E-state index contributed by atoms with van der Waals surface area (Å²) in [6.07, 6.45) is 0.634. The highest BCUT2D eigenvalue weighted by molar-refractivity contribution is 6.32. The lowest BCUT2D eigenvalue weighted by Crippen LogP contribution is -2.25. The van der Waals surface area contributed by atoms with Crippen LogP contribution in [0, 0.1) is 5.92 Å². The summed E-state index contributed by atoms with van der Waals surface area (Å²) in [6, 6.07) is 0. The number of hydrogen-bond donors (Lipinski definition) is 2. The molecule has 0 fully saturated rings. The topological polar surface area (TPSA) is 91.7 Å². The molecular weight excluding hydrogens is 212 g/mol. The third-order valence-electron chi connectivity index (χ3n) is 2.07. The Labute approximate surface area is 92.1 Å². The molecule has 0 aromatic heterocycles. The molecule has 0 atom stereocenters. The molecule has 0 bridgehead atoms. The summed E-state index contributed by atoms with van der Waals surface area (Å²) >= 11 is 0. The molecule has 5 nitrogen and oxygen atoms in total. The van der Waals surface area contributed by atoms with E-state index in [1.54, 1.807) is 13.8 Å². The number of hydrogen-bond acceptors (Lipinski definition) is 5. The number of carbonyl (C=O) groups is 3. The third-order valence-corrected chi connectivity index (χ3v) is 2.07. The van der Waals surface area contributed by atoms with Crippen LogP contribution in [-0.2, 0) is 14.4 Å². The lowest BCUT2D eigenvalue weighted by molar-refractivity contribution is -0.124. The van der Waals surface area contributed by atoms with Crippen LogP contribution in [0.2, 0.25) is 0 Å². The summed E-state index contributed by atoms with van der Waals surface area (Å²) in [6.45, 7) is 3.53. The fraction of sp³-hybridized carbons (Fsp3) is 0.364. The van der Waals surface area contributed by atoms with Crippen molar-refractivity contribution in [2.45, 2.75) is 20.3 Å². The number of carbonyl (C=O) groups excluding carboxylic acids is 3. The average molecular weight is 224 g/mol. The van der Waals surface area contributed by atoms with Crippen LogP contribution in [-0.4, -0.2) is 27.6 Å². The summed E-state index contributed by atoms with van der Waals surface area (Å²) in [5.74, 6) is -4.26. The molecular formula is C11H12O5. The quantitative estimate of drug-likeness (QED) is 0.551. The van der Waals surface area contributed by atoms with Crippen molar-refractivity contribution < 1.29 is 24.6 Å². The number of aliphatic hydroxyl groups is 2. The minimum atomic E-state index is -0.997. The standard InChI is InChI=1S/C11H12O5/c1-5(2)3-6(12)9-10(15)7(13)4-8(14)11(9)16/h4-5,13,16H,3H2,1-2H3. The zero-order chi connectivity index (χ0) is 12.5. The van der Waals surface area contributed by atoms with Crippen LogP contribution in [0.4, 0.5) is 0 Å². The van der Waals surface area contributed by atoms with Crippen LogP contribution in [0.1, 0.15) is 20.3 Å². The molecule has 2 N–H and O–H groups in total. The lowest BCUT2D eigenvalue weighted by Gasteiger charge is -2.12. The van der Waals surface area contributed by atoms with Crippen molar-refractivity contribution in [3.63, 3.8) is 0 Å². The third kappa shape index (κ3) is 2.18. The van der Waals surface area contributed by atoms with Crippen molar-refractivity contribution in [3.05, 3.63) is 23.2 Å². The summed E-state index contributed by atoms with van der Waals surface area (Å²) in [5.41, 5.74) is -0.612. The van der Waals surface area contributed by atoms with E-state index in [1.807, 2.05) is 0 Å². The predicted octanol–water partition coefficient (Wildman–Crippen LogP) is 1.01. The molecule has 1 aliphatic rings. The molecule has 16 heavy (non-hydrogen) atoms. The normalized spacial score (nSPS) is 16.8. The van der Waals surface area contributed by atoms with E-state index in [4.69, 9.17) is 5.11 Å². The Hall–Kier alpha value is -1.91. The molecule has 0 spiro atoms. The van der Waals surface area contributed by atoms with E-state index in [2.05, 4.69) is 0 Å². The molecule has 86 valence electrons. The fourth-order valence-corrected chi connectivity index (χ4v) is 1.35. The second-order valence-corrected chi connectivity index (χ2v) is 3.97. The van der Waals surface area contributed by atoms with Gasteiger partial charge in [-0.1, -0.05) is 13.8 Å². The first-order valence-corrected chi connectivity index (χ1v) is 4.80. The van der Waals surface area contributed by atoms with Crippen LogP contribution in [0.15, 0.2) is 23.2 Å². The fourth-order valence-electron chi connectivity index (χ4n) is 1.35. The average Bonchev–Trinajstić information content (AvgIpc) is 2.14. The molecule has 0 aromatic rings. The maximum absolute atomic E-state index is 11.6. The first-order valence-electron chi connectivity index (χ1n) is 4.80. The van der Waals surface area contributed by atoms with E-state index in [0.717, 1.165) is 0 Å². The molecule has 0 aliphatic heterocycles. The molecule has 0 unspecified atom stereocenters. The van der Waals surface area contributed by atoms with E-state index in [9.17, 15) is 19.5 Å². The van der Waals surface area contributed by atoms with Crippen molar-refractivity contribution in [2.75, 3.05) is 0 Å². The highest BCUT2D eigenvalue weighted by Crippen LogP contribution is 2.19. The van der Waals surface area contributed by atoms with Gasteiger partial charge in [0.1, 0.15) is 5.57 Å². The Morgan fingerprint density at radius 1 is 1.31 bits per heavy atom. The van der Waals surface area contributed by atoms with Gasteiger partial charge in [-0.3, -0.25) is 14.4 Å². The maximum Gasteiger partial charge on any atom is 0.234 e. The smallest absolute Gasteiger partial charge is 0.234 e. The summed E-state index contributed by atoms with van der Waals surface area (Å²) in [7, 11) is 0. The Bertz CT molecular complexity index is 426. The number of aliphatic hydroxyl groups excluding tert-OH is 2. The highest BCUT2D eigenvalue weighted by atomic mass is 16.3. The summed E-state index contributed by atoms with van der Waals surface area (Å²) in [5, 5.41) is 18.5. The van der Waals surface area contributed by atoms with Crippen LogP contribution in [0.3, 0.4) is 0 Å². The molecule has 5 heteroatoms. The first-order chi connectivity index (χ1) is 7.34. The number of allylic oxidation sites excluding steroid dienone is 2. The number of rotatable bonds is 3. The van der Waals surface area contributed by atoms with E-state index >= 15 is 0 Å². The molecule has 1 aliphatic carbocycles. The van der Waals surface area contributed by atoms with Crippen molar-refractivity contribution in [1.82, 2.24) is 0 Å². The van der Waals surface area contributed by atoms with Crippen molar-refractivity contribution >= 4 is 17.3 Å². The van der Waals surface area contributed by atoms with Gasteiger partial charge in [0.25, 0.3) is 0 Å². The molecule has 0 saturated heterocycles. The van der Waals surface area contributed by atoms with Gasteiger partial charge in [0.15, 0.2) is 17.3 Å². The van der Waals surface area contributed by atoms with Gasteiger partial charge in [-0.05, 0) is 5.92 Å². The predicted molar refractivity (Wildman–Crippen MR) is 54.8 cm³/mol. The second-order valence-electron chi connectivity index (χ2n) is 3.97. The van der Waals surface area contributed by atoms with Gasteiger partial charge >= 0.3 is 0 Å². The molecule has 1 rings (SSSR count). The van der Waals surface area contributed by atoms with Crippen molar-refractivity contribution in [1.29, 1.82) is 0 Å². The highest BCUT2D eigenvalue weighted by Gasteiger charge is 2.32. The van der Waals surface area contributed by atoms with Gasteiger partial charge in [-0.25, -0.2) is 0 Å². The van der Waals surface area contributed by atoms with Gasteiger partial charge in [0.05, 0.1) is 0 Å². The minimum absolute atomic E-state index is 0.0104. The Morgan fingerprint density at radius 2 is 1.88 bits per heavy atom. The van der Waals surface area contributed by atoms with E-state index in [1.165, 1.54) is 0 Å². The monoisotopic (exact) mass is 224 g/mol. The number of ketones is 3. The van der Waals surface area contributed by atoms with Gasteiger partial charge in [-0.15, -0.1) is 0 Å². The molecule has 0 heterocycles. The Morgan fingerprint density at radius 3 is 2.38 bits per heavy atom. The second kappa shape index (κ2) is 4.30. The van der Waals surface area contributed by atoms with Gasteiger partial charge in [0, 0.05) is 12.5 Å². The Balaban J connectivity index is 3.10. The minimum Gasteiger partial charge on any atom is -0.504 e. The number of Topliss-reactive ketones (excluding diaryl/α,β-unsaturated/α-hetero) is 2. The van der Waals surface area contributed by atoms with Gasteiger partial charge in [-0.2, -0.15) is 0 Å². The van der Waals surface area contributed by atoms with Gasteiger partial charge < -0.3 is 10.2 Å². The molecule has 0 radical (unpaired) electrons. The summed E-state index contributed by atoms with van der Waals surface area (Å²) < 4.78 is 0.